The van der Waals surface area contributed by atoms with E-state index < -0.39 is 6.10 Å². The molecule has 4 nitrogen and oxygen atoms in total. The van der Waals surface area contributed by atoms with Crippen molar-refractivity contribution in [1.82, 2.24) is 4.98 Å². The Morgan fingerprint density at radius 1 is 1.62 bits per heavy atom. The van der Waals surface area contributed by atoms with Crippen LogP contribution in [0.5, 0.6) is 0 Å². The van der Waals surface area contributed by atoms with Gasteiger partial charge in [0.2, 0.25) is 0 Å². The van der Waals surface area contributed by atoms with E-state index in [9.17, 15) is 5.11 Å². The monoisotopic (exact) mass is 178 g/mol. The minimum atomic E-state index is -0.729. The van der Waals surface area contributed by atoms with Crippen LogP contribution in [0.4, 0.5) is 0 Å². The standard InChI is InChI=1S/C9H10N2O2/c10-4-7(12)9-3-6-5-11-2-1-8(6)13-9/h1-3,5,7,12H,4,10H2. The fourth-order valence-electron chi connectivity index (χ4n) is 1.19. The molecule has 68 valence electrons. The van der Waals surface area contributed by atoms with Gasteiger partial charge in [0.05, 0.1) is 0 Å². The predicted molar refractivity (Wildman–Crippen MR) is 48.0 cm³/mol. The van der Waals surface area contributed by atoms with Gasteiger partial charge in [0.1, 0.15) is 17.4 Å². The van der Waals surface area contributed by atoms with Crippen molar-refractivity contribution in [2.75, 3.05) is 6.54 Å². The van der Waals surface area contributed by atoms with Crippen molar-refractivity contribution in [3.63, 3.8) is 0 Å². The Morgan fingerprint density at radius 3 is 3.15 bits per heavy atom. The molecule has 0 saturated heterocycles. The third-order valence-corrected chi connectivity index (χ3v) is 1.89. The van der Waals surface area contributed by atoms with Gasteiger partial charge < -0.3 is 15.3 Å². The van der Waals surface area contributed by atoms with E-state index in [-0.39, 0.29) is 6.54 Å². The van der Waals surface area contributed by atoms with E-state index in [0.29, 0.717) is 5.76 Å². The smallest absolute Gasteiger partial charge is 0.137 e. The summed E-state index contributed by atoms with van der Waals surface area (Å²) in [6.07, 6.45) is 2.60. The first-order valence-electron chi connectivity index (χ1n) is 4.03. The minimum absolute atomic E-state index is 0.160. The van der Waals surface area contributed by atoms with Gasteiger partial charge in [-0.2, -0.15) is 0 Å². The van der Waals surface area contributed by atoms with Gasteiger partial charge in [-0.1, -0.05) is 0 Å². The van der Waals surface area contributed by atoms with Crippen LogP contribution >= 0.6 is 0 Å². The van der Waals surface area contributed by atoms with Crippen molar-refractivity contribution >= 4 is 11.0 Å². The number of hydrogen-bond acceptors (Lipinski definition) is 4. The first-order valence-corrected chi connectivity index (χ1v) is 4.03. The maximum atomic E-state index is 9.39. The van der Waals surface area contributed by atoms with Crippen molar-refractivity contribution in [2.45, 2.75) is 6.10 Å². The number of nitrogens with two attached hydrogens (primary N) is 1. The molecule has 2 aromatic heterocycles. The van der Waals surface area contributed by atoms with Crippen molar-refractivity contribution in [1.29, 1.82) is 0 Å². The Kier molecular flexibility index (Phi) is 2.00. The van der Waals surface area contributed by atoms with Gasteiger partial charge in [-0.3, -0.25) is 4.98 Å². The van der Waals surface area contributed by atoms with Crippen LogP contribution in [0, 0.1) is 0 Å². The number of nitrogens with zero attached hydrogens (tertiary/aromatic N) is 1. The van der Waals surface area contributed by atoms with Gasteiger partial charge in [-0.15, -0.1) is 0 Å². The lowest BCUT2D eigenvalue weighted by Crippen LogP contribution is -2.10. The Labute approximate surface area is 75.0 Å². The lowest BCUT2D eigenvalue weighted by molar-refractivity contribution is 0.160. The van der Waals surface area contributed by atoms with Gasteiger partial charge in [0.25, 0.3) is 0 Å². The molecule has 3 N–H and O–H groups in total. The average molecular weight is 178 g/mol. The number of aromatic nitrogens is 1. The summed E-state index contributed by atoms with van der Waals surface area (Å²) in [4.78, 5) is 3.94. The number of pyridine rings is 1. The maximum Gasteiger partial charge on any atom is 0.137 e. The molecule has 0 bridgehead atoms. The second-order valence-electron chi connectivity index (χ2n) is 2.81. The molecule has 2 heterocycles. The molecule has 0 aliphatic rings. The molecular formula is C9H10N2O2. The van der Waals surface area contributed by atoms with Crippen molar-refractivity contribution < 1.29 is 9.52 Å². The summed E-state index contributed by atoms with van der Waals surface area (Å²) in [6, 6.07) is 3.50. The Balaban J connectivity index is 2.49. The molecule has 0 radical (unpaired) electrons. The first kappa shape index (κ1) is 8.22. The number of hydrogen-bond donors (Lipinski definition) is 2. The molecule has 0 fully saturated rings. The number of rotatable bonds is 2. The molecule has 0 spiro atoms. The fourth-order valence-corrected chi connectivity index (χ4v) is 1.19. The van der Waals surface area contributed by atoms with E-state index in [0.717, 1.165) is 11.0 Å². The SMILES string of the molecule is NCC(O)c1cc2cnccc2o1. The molecule has 0 aromatic carbocycles. The van der Waals surface area contributed by atoms with Gasteiger partial charge in [0.15, 0.2) is 0 Å². The summed E-state index contributed by atoms with van der Waals surface area (Å²) >= 11 is 0. The molecule has 2 aromatic rings. The zero-order valence-corrected chi connectivity index (χ0v) is 6.97. The van der Waals surface area contributed by atoms with E-state index in [1.807, 2.05) is 0 Å². The lowest BCUT2D eigenvalue weighted by atomic mass is 10.2. The normalized spacial score (nSPS) is 13.4. The highest BCUT2D eigenvalue weighted by Gasteiger charge is 2.10. The number of aliphatic hydroxyl groups excluding tert-OH is 1. The quantitative estimate of drug-likeness (QED) is 0.714. The summed E-state index contributed by atoms with van der Waals surface area (Å²) in [7, 11) is 0. The van der Waals surface area contributed by atoms with Gasteiger partial charge in [-0.05, 0) is 12.1 Å². The summed E-state index contributed by atoms with van der Waals surface area (Å²) in [5.41, 5.74) is 6.02. The van der Waals surface area contributed by atoms with Crippen molar-refractivity contribution in [2.24, 2.45) is 5.73 Å². The number of fused-ring (bicyclic) bond motifs is 1. The van der Waals surface area contributed by atoms with Crippen LogP contribution in [0.1, 0.15) is 11.9 Å². The molecular weight excluding hydrogens is 168 g/mol. The van der Waals surface area contributed by atoms with Crippen LogP contribution < -0.4 is 5.73 Å². The van der Waals surface area contributed by atoms with Crippen LogP contribution in [-0.4, -0.2) is 16.6 Å². The van der Waals surface area contributed by atoms with E-state index in [2.05, 4.69) is 4.98 Å². The second kappa shape index (κ2) is 3.16. The van der Waals surface area contributed by atoms with E-state index >= 15 is 0 Å². The Hall–Kier alpha value is -1.39. The van der Waals surface area contributed by atoms with Gasteiger partial charge >= 0.3 is 0 Å². The minimum Gasteiger partial charge on any atom is -0.458 e. The molecule has 0 aliphatic heterocycles. The second-order valence-corrected chi connectivity index (χ2v) is 2.81. The first-order chi connectivity index (χ1) is 6.31. The molecule has 0 amide bonds. The summed E-state index contributed by atoms with van der Waals surface area (Å²) in [5, 5.41) is 10.3. The summed E-state index contributed by atoms with van der Waals surface area (Å²) < 4.78 is 5.35. The third-order valence-electron chi connectivity index (χ3n) is 1.89. The highest BCUT2D eigenvalue weighted by Crippen LogP contribution is 2.22. The maximum absolute atomic E-state index is 9.39. The molecule has 0 aliphatic carbocycles. The van der Waals surface area contributed by atoms with Crippen LogP contribution in [0.3, 0.4) is 0 Å². The molecule has 4 heteroatoms. The molecule has 1 unspecified atom stereocenters. The Morgan fingerprint density at radius 2 is 2.46 bits per heavy atom. The van der Waals surface area contributed by atoms with Crippen LogP contribution in [0.15, 0.2) is 28.9 Å². The van der Waals surface area contributed by atoms with Gasteiger partial charge in [-0.25, -0.2) is 0 Å². The van der Waals surface area contributed by atoms with Crippen molar-refractivity contribution in [3.8, 4) is 0 Å². The van der Waals surface area contributed by atoms with Gasteiger partial charge in [0, 0.05) is 24.3 Å². The van der Waals surface area contributed by atoms with E-state index in [1.165, 1.54) is 0 Å². The zero-order chi connectivity index (χ0) is 9.26. The highest BCUT2D eigenvalue weighted by atomic mass is 16.4. The van der Waals surface area contributed by atoms with Crippen LogP contribution in [-0.2, 0) is 0 Å². The van der Waals surface area contributed by atoms with Crippen LogP contribution in [0.25, 0.3) is 11.0 Å². The number of furan rings is 1. The zero-order valence-electron chi connectivity index (χ0n) is 6.97. The summed E-state index contributed by atoms with van der Waals surface area (Å²) in [6.45, 7) is 0.160. The van der Waals surface area contributed by atoms with Crippen molar-refractivity contribution in [3.05, 3.63) is 30.3 Å². The van der Waals surface area contributed by atoms with E-state index in [1.54, 1.807) is 24.5 Å². The lowest BCUT2D eigenvalue weighted by Gasteiger charge is -2.00. The Bertz CT molecular complexity index is 378. The molecule has 0 saturated carbocycles. The largest absolute Gasteiger partial charge is 0.458 e. The average Bonchev–Trinajstić information content (AvgIpc) is 2.59. The highest BCUT2D eigenvalue weighted by molar-refractivity contribution is 5.76. The molecule has 2 rings (SSSR count). The van der Waals surface area contributed by atoms with Crippen LogP contribution in [0.2, 0.25) is 0 Å². The molecule has 1 atom stereocenters. The fraction of sp³-hybridized carbons (Fsp3) is 0.222. The molecule has 13 heavy (non-hydrogen) atoms. The predicted octanol–water partition coefficient (Wildman–Crippen LogP) is 0.820. The number of aliphatic hydroxyl groups is 1. The topological polar surface area (TPSA) is 72.3 Å². The van der Waals surface area contributed by atoms with E-state index in [4.69, 9.17) is 10.2 Å². The summed E-state index contributed by atoms with van der Waals surface area (Å²) in [5.74, 6) is 0.491. The third kappa shape index (κ3) is 1.41.